The molecule has 0 unspecified atom stereocenters. The Morgan fingerprint density at radius 2 is 1.41 bits per heavy atom. The van der Waals surface area contributed by atoms with E-state index in [2.05, 4.69) is 10.0 Å². The van der Waals surface area contributed by atoms with Crippen molar-refractivity contribution in [1.82, 2.24) is 5.32 Å². The molecule has 3 rings (SSSR count). The smallest absolute Gasteiger partial charge is 0.262 e. The van der Waals surface area contributed by atoms with E-state index in [0.717, 1.165) is 40.7 Å². The van der Waals surface area contributed by atoms with E-state index in [1.54, 1.807) is 24.3 Å². The largest absolute Gasteiger partial charge is 0.349 e. The van der Waals surface area contributed by atoms with Gasteiger partial charge in [-0.1, -0.05) is 12.1 Å². The second-order valence-corrected chi connectivity index (χ2v) is 8.97. The van der Waals surface area contributed by atoms with Crippen LogP contribution in [-0.2, 0) is 10.0 Å². The van der Waals surface area contributed by atoms with E-state index in [1.165, 1.54) is 0 Å². The zero-order chi connectivity index (χ0) is 19.9. The quantitative estimate of drug-likeness (QED) is 0.818. The molecule has 0 radical (unpaired) electrons. The summed E-state index contributed by atoms with van der Waals surface area (Å²) < 4.78 is 29.1. The normalized spacial score (nSPS) is 14.1. The van der Waals surface area contributed by atoms with Crippen LogP contribution in [0.3, 0.4) is 0 Å². The van der Waals surface area contributed by atoms with Crippen LogP contribution in [0.2, 0.25) is 0 Å². The third-order valence-corrected chi connectivity index (χ3v) is 7.17. The SMILES string of the molecule is Cc1c(C)c(C)c(S(=O)(=O)Nc2ccccc2C(=O)NC2CC2)c(C)c1C. The summed E-state index contributed by atoms with van der Waals surface area (Å²) >= 11 is 0. The van der Waals surface area contributed by atoms with Gasteiger partial charge in [-0.05, 0) is 87.4 Å². The minimum atomic E-state index is -3.84. The number of nitrogens with one attached hydrogen (secondary N) is 2. The highest BCUT2D eigenvalue weighted by molar-refractivity contribution is 7.92. The number of carbonyl (C=O) groups excluding carboxylic acids is 1. The van der Waals surface area contributed by atoms with Gasteiger partial charge in [-0.2, -0.15) is 0 Å². The average molecular weight is 387 g/mol. The number of para-hydroxylation sites is 1. The summed E-state index contributed by atoms with van der Waals surface area (Å²) in [6.45, 7) is 9.54. The molecule has 0 atom stereocenters. The summed E-state index contributed by atoms with van der Waals surface area (Å²) in [4.78, 5) is 12.8. The maximum absolute atomic E-state index is 13.2. The van der Waals surface area contributed by atoms with E-state index in [1.807, 2.05) is 34.6 Å². The Kier molecular flexibility index (Phi) is 5.04. The lowest BCUT2D eigenvalue weighted by Gasteiger charge is -2.20. The first-order chi connectivity index (χ1) is 12.6. The van der Waals surface area contributed by atoms with Crippen LogP contribution in [0.4, 0.5) is 5.69 Å². The zero-order valence-electron chi connectivity index (χ0n) is 16.4. The fourth-order valence-corrected chi connectivity index (χ4v) is 5.01. The van der Waals surface area contributed by atoms with Crippen molar-refractivity contribution >= 4 is 21.6 Å². The summed E-state index contributed by atoms with van der Waals surface area (Å²) in [7, 11) is -3.84. The van der Waals surface area contributed by atoms with Gasteiger partial charge in [0.15, 0.2) is 0 Å². The molecule has 0 bridgehead atoms. The predicted octanol–water partition coefficient (Wildman–Crippen LogP) is 3.92. The van der Waals surface area contributed by atoms with Gasteiger partial charge >= 0.3 is 0 Å². The van der Waals surface area contributed by atoms with Crippen molar-refractivity contribution < 1.29 is 13.2 Å². The van der Waals surface area contributed by atoms with Gasteiger partial charge in [-0.25, -0.2) is 8.42 Å². The van der Waals surface area contributed by atoms with Gasteiger partial charge in [0.05, 0.1) is 16.1 Å². The van der Waals surface area contributed by atoms with Crippen molar-refractivity contribution in [2.75, 3.05) is 4.72 Å². The van der Waals surface area contributed by atoms with Crippen molar-refractivity contribution in [1.29, 1.82) is 0 Å². The van der Waals surface area contributed by atoms with E-state index in [0.29, 0.717) is 16.1 Å². The predicted molar refractivity (Wildman–Crippen MR) is 108 cm³/mol. The van der Waals surface area contributed by atoms with Gasteiger partial charge < -0.3 is 5.32 Å². The van der Waals surface area contributed by atoms with Crippen LogP contribution < -0.4 is 10.0 Å². The monoisotopic (exact) mass is 386 g/mol. The molecule has 0 saturated heterocycles. The number of hydrogen-bond donors (Lipinski definition) is 2. The molecule has 6 heteroatoms. The molecule has 2 aromatic rings. The van der Waals surface area contributed by atoms with Crippen LogP contribution in [-0.4, -0.2) is 20.4 Å². The maximum atomic E-state index is 13.2. The van der Waals surface area contributed by atoms with Gasteiger partial charge in [-0.3, -0.25) is 9.52 Å². The molecular weight excluding hydrogens is 360 g/mol. The molecule has 144 valence electrons. The minimum Gasteiger partial charge on any atom is -0.349 e. The lowest BCUT2D eigenvalue weighted by Crippen LogP contribution is -2.27. The highest BCUT2D eigenvalue weighted by Gasteiger charge is 2.27. The van der Waals surface area contributed by atoms with E-state index in [9.17, 15) is 13.2 Å². The average Bonchev–Trinajstić information content (AvgIpc) is 3.42. The highest BCUT2D eigenvalue weighted by Crippen LogP contribution is 2.31. The number of amides is 1. The highest BCUT2D eigenvalue weighted by atomic mass is 32.2. The van der Waals surface area contributed by atoms with Gasteiger partial charge in [0.2, 0.25) is 0 Å². The van der Waals surface area contributed by atoms with Crippen molar-refractivity contribution in [2.24, 2.45) is 0 Å². The molecule has 2 N–H and O–H groups in total. The summed E-state index contributed by atoms with van der Waals surface area (Å²) in [6, 6.07) is 6.92. The lowest BCUT2D eigenvalue weighted by atomic mass is 9.95. The van der Waals surface area contributed by atoms with Crippen LogP contribution in [0.1, 0.15) is 51.0 Å². The topological polar surface area (TPSA) is 75.3 Å². The Morgan fingerprint density at radius 3 is 1.96 bits per heavy atom. The Bertz CT molecular complexity index is 993. The summed E-state index contributed by atoms with van der Waals surface area (Å²) in [5, 5.41) is 2.91. The number of benzene rings is 2. The van der Waals surface area contributed by atoms with Crippen molar-refractivity contribution in [3.8, 4) is 0 Å². The summed E-state index contributed by atoms with van der Waals surface area (Å²) in [5.41, 5.74) is 5.16. The van der Waals surface area contributed by atoms with Crippen LogP contribution in [0.15, 0.2) is 29.2 Å². The Labute approximate surface area is 161 Å². The first-order valence-corrected chi connectivity index (χ1v) is 10.6. The van der Waals surface area contributed by atoms with Gasteiger partial charge in [0.25, 0.3) is 15.9 Å². The molecule has 1 aliphatic rings. The molecule has 0 aliphatic heterocycles. The van der Waals surface area contributed by atoms with Crippen LogP contribution in [0.25, 0.3) is 0 Å². The molecule has 0 spiro atoms. The van der Waals surface area contributed by atoms with Gasteiger partial charge in [-0.15, -0.1) is 0 Å². The molecule has 0 heterocycles. The second kappa shape index (κ2) is 7.00. The van der Waals surface area contributed by atoms with Gasteiger partial charge in [0, 0.05) is 6.04 Å². The lowest BCUT2D eigenvalue weighted by molar-refractivity contribution is 0.0952. The fraction of sp³-hybridized carbons (Fsp3) is 0.381. The van der Waals surface area contributed by atoms with Crippen molar-refractivity contribution in [2.45, 2.75) is 58.4 Å². The standard InChI is InChI=1S/C21H26N2O3S/c1-12-13(2)15(4)20(16(5)14(12)3)27(25,26)23-19-9-7-6-8-18(19)21(24)22-17-10-11-17/h6-9,17,23H,10-11H2,1-5H3,(H,22,24). The third-order valence-electron chi connectivity index (χ3n) is 5.53. The number of carbonyl (C=O) groups is 1. The number of sulfonamides is 1. The summed E-state index contributed by atoms with van der Waals surface area (Å²) in [5.74, 6) is -0.250. The Balaban J connectivity index is 2.03. The Morgan fingerprint density at radius 1 is 0.889 bits per heavy atom. The molecule has 0 aromatic heterocycles. The van der Waals surface area contributed by atoms with E-state index in [4.69, 9.17) is 0 Å². The molecule has 2 aromatic carbocycles. The van der Waals surface area contributed by atoms with Crippen LogP contribution in [0, 0.1) is 34.6 Å². The third kappa shape index (κ3) is 3.72. The molecule has 1 fully saturated rings. The first-order valence-electron chi connectivity index (χ1n) is 9.13. The molecule has 1 saturated carbocycles. The molecular formula is C21H26N2O3S. The van der Waals surface area contributed by atoms with E-state index >= 15 is 0 Å². The van der Waals surface area contributed by atoms with Gasteiger partial charge in [0.1, 0.15) is 0 Å². The number of anilines is 1. The van der Waals surface area contributed by atoms with E-state index in [-0.39, 0.29) is 11.9 Å². The van der Waals surface area contributed by atoms with Crippen molar-refractivity contribution in [3.63, 3.8) is 0 Å². The van der Waals surface area contributed by atoms with Crippen LogP contribution >= 0.6 is 0 Å². The number of rotatable bonds is 5. The molecule has 1 aliphatic carbocycles. The van der Waals surface area contributed by atoms with E-state index < -0.39 is 10.0 Å². The first kappa shape index (κ1) is 19.4. The minimum absolute atomic E-state index is 0.203. The zero-order valence-corrected chi connectivity index (χ0v) is 17.3. The maximum Gasteiger partial charge on any atom is 0.262 e. The Hall–Kier alpha value is -2.34. The molecule has 1 amide bonds. The molecule has 5 nitrogen and oxygen atoms in total. The fourth-order valence-electron chi connectivity index (χ4n) is 3.33. The molecule has 27 heavy (non-hydrogen) atoms. The van der Waals surface area contributed by atoms with Crippen LogP contribution in [0.5, 0.6) is 0 Å². The summed E-state index contributed by atoms with van der Waals surface area (Å²) in [6.07, 6.45) is 1.94. The number of hydrogen-bond acceptors (Lipinski definition) is 3. The second-order valence-electron chi connectivity index (χ2n) is 7.35. The van der Waals surface area contributed by atoms with Crippen molar-refractivity contribution in [3.05, 3.63) is 57.6 Å².